The second-order valence-electron chi connectivity index (χ2n) is 10.7. The normalized spacial score (nSPS) is 27.8. The summed E-state index contributed by atoms with van der Waals surface area (Å²) in [5.74, 6) is 3.82. The number of hydrogen-bond donors (Lipinski definition) is 0. The molecule has 2 fully saturated rings. The van der Waals surface area contributed by atoms with Crippen molar-refractivity contribution >= 4 is 0 Å². The van der Waals surface area contributed by atoms with E-state index in [4.69, 9.17) is 0 Å². The van der Waals surface area contributed by atoms with E-state index in [2.05, 4.69) is 81.6 Å². The van der Waals surface area contributed by atoms with Crippen molar-refractivity contribution in [1.82, 2.24) is 29.3 Å². The zero-order chi connectivity index (χ0) is 22.5. The number of aromatic nitrogens is 4. The average Bonchev–Trinajstić information content (AvgIpc) is 3.39. The van der Waals surface area contributed by atoms with Gasteiger partial charge in [0.05, 0.1) is 0 Å². The van der Waals surface area contributed by atoms with Gasteiger partial charge in [-0.1, -0.05) is 20.3 Å². The lowest BCUT2D eigenvalue weighted by molar-refractivity contribution is 0.102. The molecule has 4 heterocycles. The van der Waals surface area contributed by atoms with Crippen LogP contribution in [0.3, 0.4) is 0 Å². The number of aryl methyl sites for hydroxylation is 2. The fraction of sp³-hybridized carbons (Fsp3) is 0.769. The Labute approximate surface area is 195 Å². The first kappa shape index (κ1) is 23.5. The van der Waals surface area contributed by atoms with Gasteiger partial charge < -0.3 is 4.90 Å². The highest BCUT2D eigenvalue weighted by atomic mass is 15.5. The average molecular weight is 441 g/mol. The third-order valence-corrected chi connectivity index (χ3v) is 7.60. The zero-order valence-electron chi connectivity index (χ0n) is 20.8. The van der Waals surface area contributed by atoms with Crippen molar-refractivity contribution in [1.29, 1.82) is 0 Å². The van der Waals surface area contributed by atoms with Gasteiger partial charge in [-0.15, -0.1) is 10.2 Å². The van der Waals surface area contributed by atoms with Crippen LogP contribution in [-0.2, 0) is 12.8 Å². The highest BCUT2D eigenvalue weighted by Crippen LogP contribution is 2.23. The molecule has 0 amide bonds. The van der Waals surface area contributed by atoms with E-state index in [9.17, 15) is 0 Å². The van der Waals surface area contributed by atoms with Crippen LogP contribution in [0.15, 0.2) is 24.5 Å². The predicted molar refractivity (Wildman–Crippen MR) is 131 cm³/mol. The molecule has 178 valence electrons. The van der Waals surface area contributed by atoms with Crippen LogP contribution < -0.4 is 0 Å². The molecule has 0 radical (unpaired) electrons. The molecule has 0 saturated carbocycles. The van der Waals surface area contributed by atoms with Crippen molar-refractivity contribution in [2.24, 2.45) is 11.8 Å². The molecule has 2 aromatic heterocycles. The van der Waals surface area contributed by atoms with Gasteiger partial charge in [-0.2, -0.15) is 0 Å². The Bertz CT molecular complexity index is 792. The minimum atomic E-state index is 0.705. The molecule has 2 aromatic rings. The third kappa shape index (κ3) is 5.82. The monoisotopic (exact) mass is 440 g/mol. The summed E-state index contributed by atoms with van der Waals surface area (Å²) in [6, 6.07) is 5.58. The Morgan fingerprint density at radius 2 is 1.38 bits per heavy atom. The smallest absolute Gasteiger partial charge is 0.153 e. The molecule has 0 aliphatic carbocycles. The van der Waals surface area contributed by atoms with Crippen molar-refractivity contribution < 1.29 is 0 Å². The molecule has 0 unspecified atom stereocenters. The highest BCUT2D eigenvalue weighted by Gasteiger charge is 2.25. The van der Waals surface area contributed by atoms with Crippen molar-refractivity contribution in [2.45, 2.75) is 91.1 Å². The topological polar surface area (TPSA) is 42.1 Å². The van der Waals surface area contributed by atoms with Gasteiger partial charge in [0, 0.05) is 50.4 Å². The van der Waals surface area contributed by atoms with Crippen molar-refractivity contribution in [2.75, 3.05) is 26.2 Å². The molecular weight excluding hydrogens is 396 g/mol. The van der Waals surface area contributed by atoms with Crippen molar-refractivity contribution in [3.05, 3.63) is 36.2 Å². The maximum absolute atomic E-state index is 4.64. The second kappa shape index (κ2) is 11.0. The summed E-state index contributed by atoms with van der Waals surface area (Å²) in [5.41, 5.74) is 0. The summed E-state index contributed by atoms with van der Waals surface area (Å²) in [5, 5.41) is 9.28. The van der Waals surface area contributed by atoms with Gasteiger partial charge >= 0.3 is 0 Å². The lowest BCUT2D eigenvalue weighted by Gasteiger charge is -2.39. The second-order valence-corrected chi connectivity index (χ2v) is 10.7. The molecule has 0 bridgehead atoms. The van der Waals surface area contributed by atoms with E-state index in [-0.39, 0.29) is 0 Å². The summed E-state index contributed by atoms with van der Waals surface area (Å²) in [6.07, 6.45) is 13.9. The van der Waals surface area contributed by atoms with Gasteiger partial charge in [0.15, 0.2) is 11.6 Å². The largest absolute Gasteiger partial charge is 0.303 e. The minimum Gasteiger partial charge on any atom is -0.303 e. The number of likely N-dealkylation sites (tertiary alicyclic amines) is 2. The highest BCUT2D eigenvalue weighted by molar-refractivity contribution is 5.02. The van der Waals surface area contributed by atoms with Crippen molar-refractivity contribution in [3.8, 4) is 0 Å². The Balaban J connectivity index is 1.36. The van der Waals surface area contributed by atoms with E-state index in [0.29, 0.717) is 12.1 Å². The molecule has 4 rings (SSSR count). The summed E-state index contributed by atoms with van der Waals surface area (Å²) < 4.78 is 4.41. The molecule has 6 nitrogen and oxygen atoms in total. The first-order valence-corrected chi connectivity index (χ1v) is 13.1. The third-order valence-electron chi connectivity index (χ3n) is 7.60. The lowest BCUT2D eigenvalue weighted by atomic mass is 9.92. The molecule has 6 heteroatoms. The molecule has 2 aliphatic rings. The van der Waals surface area contributed by atoms with E-state index in [0.717, 1.165) is 62.3 Å². The number of hydrogen-bond acceptors (Lipinski definition) is 4. The Morgan fingerprint density at radius 3 is 1.97 bits per heavy atom. The van der Waals surface area contributed by atoms with Crippen LogP contribution in [0, 0.1) is 11.8 Å². The minimum absolute atomic E-state index is 0.705. The fourth-order valence-corrected chi connectivity index (χ4v) is 6.16. The maximum atomic E-state index is 4.64. The van der Waals surface area contributed by atoms with Crippen LogP contribution >= 0.6 is 0 Å². The van der Waals surface area contributed by atoms with E-state index in [1.807, 2.05) is 0 Å². The van der Waals surface area contributed by atoms with Crippen molar-refractivity contribution in [3.63, 3.8) is 0 Å². The lowest BCUT2D eigenvalue weighted by Crippen LogP contribution is -2.44. The molecule has 2 aliphatic heterocycles. The van der Waals surface area contributed by atoms with Gasteiger partial charge in [0.25, 0.3) is 0 Å². The van der Waals surface area contributed by atoms with Gasteiger partial charge in [0.1, 0.15) is 0 Å². The van der Waals surface area contributed by atoms with Crippen LogP contribution in [0.5, 0.6) is 0 Å². The molecule has 2 saturated heterocycles. The molecule has 0 N–H and O–H groups in total. The SMILES string of the molecule is C[C@@H]1C[C@@H](C)CN(CCCc2nnc(CCCN3[C@H](C)CCC[C@@H]3C)n2-n2cccc2)C1. The van der Waals surface area contributed by atoms with Gasteiger partial charge in [-0.05, 0) is 83.0 Å². The number of nitrogens with zero attached hydrogens (tertiary/aromatic N) is 6. The summed E-state index contributed by atoms with van der Waals surface area (Å²) in [7, 11) is 0. The summed E-state index contributed by atoms with van der Waals surface area (Å²) in [6.45, 7) is 14.4. The standard InChI is InChI=1S/C26H44N6/c1-21-18-22(2)20-29(19-21)14-8-12-25-27-28-26(32(25)30-15-5-6-16-30)13-9-17-31-23(3)10-7-11-24(31)4/h5-6,15-16,21-24H,7-14,17-20H2,1-4H3/t21-,22-,23-,24+/m1/s1. The van der Waals surface area contributed by atoms with Crippen LogP contribution in [0.2, 0.25) is 0 Å². The van der Waals surface area contributed by atoms with Crippen LogP contribution in [0.25, 0.3) is 0 Å². The van der Waals surface area contributed by atoms with Crippen LogP contribution in [0.1, 0.15) is 77.9 Å². The van der Waals surface area contributed by atoms with Crippen LogP contribution in [0.4, 0.5) is 0 Å². The van der Waals surface area contributed by atoms with E-state index in [1.54, 1.807) is 0 Å². The summed E-state index contributed by atoms with van der Waals surface area (Å²) >= 11 is 0. The Kier molecular flexibility index (Phi) is 8.06. The van der Waals surface area contributed by atoms with E-state index < -0.39 is 0 Å². The first-order chi connectivity index (χ1) is 15.5. The molecule has 0 spiro atoms. The number of rotatable bonds is 9. The Morgan fingerprint density at radius 1 is 0.812 bits per heavy atom. The van der Waals surface area contributed by atoms with E-state index in [1.165, 1.54) is 38.8 Å². The summed E-state index contributed by atoms with van der Waals surface area (Å²) in [4.78, 5) is 5.35. The van der Waals surface area contributed by atoms with Gasteiger partial charge in [-0.25, -0.2) is 4.68 Å². The molecular formula is C26H44N6. The first-order valence-electron chi connectivity index (χ1n) is 13.1. The quantitative estimate of drug-likeness (QED) is 0.576. The molecule has 4 atom stereocenters. The van der Waals surface area contributed by atoms with Gasteiger partial charge in [0.2, 0.25) is 0 Å². The predicted octanol–water partition coefficient (Wildman–Crippen LogP) is 4.50. The van der Waals surface area contributed by atoms with Crippen LogP contribution in [-0.4, -0.2) is 67.6 Å². The molecule has 0 aromatic carbocycles. The molecule has 32 heavy (non-hydrogen) atoms. The number of piperidine rings is 2. The Hall–Kier alpha value is -1.66. The van der Waals surface area contributed by atoms with Gasteiger partial charge in [-0.3, -0.25) is 9.58 Å². The fourth-order valence-electron chi connectivity index (χ4n) is 6.16. The zero-order valence-corrected chi connectivity index (χ0v) is 20.8. The van der Waals surface area contributed by atoms with E-state index >= 15 is 0 Å². The maximum Gasteiger partial charge on any atom is 0.153 e.